The third-order valence-electron chi connectivity index (χ3n) is 3.64. The van der Waals surface area contributed by atoms with E-state index in [4.69, 9.17) is 0 Å². The Bertz CT molecular complexity index is 453. The molecule has 0 nitrogen and oxygen atoms in total. The van der Waals surface area contributed by atoms with Gasteiger partial charge in [-0.15, -0.1) is 0 Å². The Hall–Kier alpha value is -1.05. The van der Waals surface area contributed by atoms with E-state index < -0.39 is 54.1 Å². The van der Waals surface area contributed by atoms with E-state index in [2.05, 4.69) is 0 Å². The van der Waals surface area contributed by atoms with Crippen LogP contribution in [0.15, 0.2) is 0 Å². The standard InChI is InChI=1S/C9H3F15/c10-3(11)1-2(5(12,13)6(3,14)15)4(7(16,17)18,8(19,20)21)9(22,23)24/h2H,1H2. The van der Waals surface area contributed by atoms with Crippen LogP contribution in [-0.2, 0) is 0 Å². The lowest BCUT2D eigenvalue weighted by molar-refractivity contribution is -0.457. The summed E-state index contributed by atoms with van der Waals surface area (Å²) in [4.78, 5) is 0. The van der Waals surface area contributed by atoms with E-state index in [1.807, 2.05) is 0 Å². The van der Waals surface area contributed by atoms with Crippen molar-refractivity contribution in [2.45, 2.75) is 42.7 Å². The van der Waals surface area contributed by atoms with Crippen molar-refractivity contribution >= 4 is 0 Å². The summed E-state index contributed by atoms with van der Waals surface area (Å²) >= 11 is 0. The Balaban J connectivity index is 3.90. The van der Waals surface area contributed by atoms with Crippen molar-refractivity contribution in [2.24, 2.45) is 11.3 Å². The van der Waals surface area contributed by atoms with Crippen LogP contribution in [0.3, 0.4) is 0 Å². The zero-order chi connectivity index (χ0) is 19.8. The molecule has 1 fully saturated rings. The summed E-state index contributed by atoms with van der Waals surface area (Å²) < 4.78 is 191. The van der Waals surface area contributed by atoms with Gasteiger partial charge in [0.25, 0.3) is 5.41 Å². The van der Waals surface area contributed by atoms with Gasteiger partial charge in [-0.05, 0) is 0 Å². The van der Waals surface area contributed by atoms with E-state index in [-0.39, 0.29) is 0 Å². The molecule has 0 N–H and O–H groups in total. The maximum atomic E-state index is 13.2. The zero-order valence-corrected chi connectivity index (χ0v) is 10.5. The number of rotatable bonds is 1. The van der Waals surface area contributed by atoms with Crippen molar-refractivity contribution in [3.05, 3.63) is 0 Å². The van der Waals surface area contributed by atoms with Gasteiger partial charge in [-0.25, -0.2) is 0 Å². The molecule has 0 radical (unpaired) electrons. The van der Waals surface area contributed by atoms with E-state index in [9.17, 15) is 65.9 Å². The van der Waals surface area contributed by atoms with Gasteiger partial charge in [0.2, 0.25) is 0 Å². The SMILES string of the molecule is FC(F)(F)C(C1CC(F)(F)C(F)(F)C1(F)F)(C(F)(F)F)C(F)(F)F. The summed E-state index contributed by atoms with van der Waals surface area (Å²) in [5.74, 6) is -25.5. The fourth-order valence-electron chi connectivity index (χ4n) is 2.48. The van der Waals surface area contributed by atoms with Gasteiger partial charge in [0, 0.05) is 6.42 Å². The molecular formula is C9H3F15. The van der Waals surface area contributed by atoms with Crippen LogP contribution in [0, 0.1) is 11.3 Å². The van der Waals surface area contributed by atoms with Crippen molar-refractivity contribution in [3.8, 4) is 0 Å². The van der Waals surface area contributed by atoms with Gasteiger partial charge in [0.05, 0.1) is 5.92 Å². The Labute approximate surface area is 121 Å². The van der Waals surface area contributed by atoms with E-state index >= 15 is 0 Å². The van der Waals surface area contributed by atoms with Crippen molar-refractivity contribution in [1.29, 1.82) is 0 Å². The molecule has 0 aromatic carbocycles. The van der Waals surface area contributed by atoms with E-state index in [1.54, 1.807) is 0 Å². The van der Waals surface area contributed by atoms with Crippen molar-refractivity contribution in [2.75, 3.05) is 0 Å². The lowest BCUT2D eigenvalue weighted by Gasteiger charge is -2.44. The maximum absolute atomic E-state index is 13.2. The highest BCUT2D eigenvalue weighted by atomic mass is 19.4. The first-order chi connectivity index (χ1) is 10.1. The number of alkyl halides is 15. The minimum absolute atomic E-state index is 3.68. The van der Waals surface area contributed by atoms with E-state index in [0.717, 1.165) is 0 Å². The molecule has 1 aliphatic carbocycles. The molecule has 144 valence electrons. The molecule has 0 aromatic rings. The highest BCUT2D eigenvalue weighted by Gasteiger charge is 2.95. The Morgan fingerprint density at radius 3 is 1.04 bits per heavy atom. The molecule has 0 spiro atoms. The van der Waals surface area contributed by atoms with Crippen molar-refractivity contribution < 1.29 is 65.9 Å². The lowest BCUT2D eigenvalue weighted by atomic mass is 9.70. The van der Waals surface area contributed by atoms with Crippen LogP contribution in [0.4, 0.5) is 65.9 Å². The smallest absolute Gasteiger partial charge is 0.200 e. The highest BCUT2D eigenvalue weighted by Crippen LogP contribution is 2.73. The van der Waals surface area contributed by atoms with Gasteiger partial charge in [0.1, 0.15) is 0 Å². The third-order valence-corrected chi connectivity index (χ3v) is 3.64. The first-order valence-corrected chi connectivity index (χ1v) is 5.42. The summed E-state index contributed by atoms with van der Waals surface area (Å²) in [5, 5.41) is 0. The van der Waals surface area contributed by atoms with Gasteiger partial charge >= 0.3 is 36.3 Å². The van der Waals surface area contributed by atoms with Gasteiger partial charge in [0.15, 0.2) is 0 Å². The topological polar surface area (TPSA) is 0 Å². The second kappa shape index (κ2) is 4.77. The van der Waals surface area contributed by atoms with Crippen LogP contribution in [0.5, 0.6) is 0 Å². The predicted octanol–water partition coefficient (Wildman–Crippen LogP) is 5.59. The molecule has 0 bridgehead atoms. The van der Waals surface area contributed by atoms with Crippen molar-refractivity contribution in [1.82, 2.24) is 0 Å². The Kier molecular flexibility index (Phi) is 4.17. The quantitative estimate of drug-likeness (QED) is 0.508. The van der Waals surface area contributed by atoms with Crippen LogP contribution in [-0.4, -0.2) is 36.3 Å². The van der Waals surface area contributed by atoms with Gasteiger partial charge in [-0.1, -0.05) is 0 Å². The molecule has 1 atom stereocenters. The first kappa shape index (κ1) is 21.0. The highest BCUT2D eigenvalue weighted by molar-refractivity contribution is 5.18. The van der Waals surface area contributed by atoms with Gasteiger partial charge in [-0.3, -0.25) is 0 Å². The fourth-order valence-corrected chi connectivity index (χ4v) is 2.48. The summed E-state index contributed by atoms with van der Waals surface area (Å²) in [6.45, 7) is 0. The van der Waals surface area contributed by atoms with Crippen LogP contribution in [0.25, 0.3) is 0 Å². The molecule has 1 rings (SSSR count). The molecule has 24 heavy (non-hydrogen) atoms. The average molecular weight is 396 g/mol. The molecule has 1 saturated carbocycles. The largest absolute Gasteiger partial charge is 0.412 e. The minimum atomic E-state index is -7.66. The Morgan fingerprint density at radius 1 is 0.583 bits per heavy atom. The number of hydrogen-bond acceptors (Lipinski definition) is 0. The second-order valence-corrected chi connectivity index (χ2v) is 4.96. The monoisotopic (exact) mass is 396 g/mol. The molecule has 0 aliphatic heterocycles. The fraction of sp³-hybridized carbons (Fsp3) is 1.00. The lowest BCUT2D eigenvalue weighted by Crippen LogP contribution is -2.67. The molecule has 0 saturated heterocycles. The second-order valence-electron chi connectivity index (χ2n) is 4.96. The molecular weight excluding hydrogens is 393 g/mol. The molecule has 1 aliphatic rings. The zero-order valence-electron chi connectivity index (χ0n) is 10.5. The minimum Gasteiger partial charge on any atom is -0.200 e. The molecule has 15 heteroatoms. The molecule has 1 unspecified atom stereocenters. The summed E-state index contributed by atoms with van der Waals surface area (Å²) in [6, 6.07) is 0. The third kappa shape index (κ3) is 2.24. The van der Waals surface area contributed by atoms with Crippen LogP contribution in [0.1, 0.15) is 6.42 Å². The number of halogens is 15. The van der Waals surface area contributed by atoms with Crippen molar-refractivity contribution in [3.63, 3.8) is 0 Å². The van der Waals surface area contributed by atoms with Crippen LogP contribution >= 0.6 is 0 Å². The normalized spacial score (nSPS) is 27.4. The van der Waals surface area contributed by atoms with Gasteiger partial charge < -0.3 is 0 Å². The molecule has 0 amide bonds. The van der Waals surface area contributed by atoms with E-state index in [0.29, 0.717) is 0 Å². The maximum Gasteiger partial charge on any atom is 0.412 e. The average Bonchev–Trinajstić information content (AvgIpc) is 2.31. The van der Waals surface area contributed by atoms with Crippen LogP contribution < -0.4 is 0 Å². The summed E-state index contributed by atoms with van der Waals surface area (Å²) in [6.07, 6.45) is -26.7. The van der Waals surface area contributed by atoms with Crippen LogP contribution in [0.2, 0.25) is 0 Å². The molecule has 0 aromatic heterocycles. The van der Waals surface area contributed by atoms with E-state index in [1.165, 1.54) is 0 Å². The van der Waals surface area contributed by atoms with Gasteiger partial charge in [-0.2, -0.15) is 65.9 Å². The number of hydrogen-bond donors (Lipinski definition) is 0. The molecule has 0 heterocycles. The summed E-state index contributed by atoms with van der Waals surface area (Å²) in [7, 11) is 0. The predicted molar refractivity (Wildman–Crippen MR) is 43.5 cm³/mol. The first-order valence-electron chi connectivity index (χ1n) is 5.42. The Morgan fingerprint density at radius 2 is 0.875 bits per heavy atom. The summed E-state index contributed by atoms with van der Waals surface area (Å²) in [5.41, 5.74) is -7.47.